The average Bonchev–Trinajstić information content (AvgIpc) is 3.63. The van der Waals surface area contributed by atoms with Gasteiger partial charge in [0.25, 0.3) is 5.91 Å². The van der Waals surface area contributed by atoms with E-state index in [0.717, 1.165) is 39.6 Å². The van der Waals surface area contributed by atoms with Gasteiger partial charge in [-0.05, 0) is 60.6 Å². The van der Waals surface area contributed by atoms with Gasteiger partial charge in [0.15, 0.2) is 0 Å². The van der Waals surface area contributed by atoms with Gasteiger partial charge in [0.1, 0.15) is 12.1 Å². The zero-order chi connectivity index (χ0) is 23.2. The highest BCUT2D eigenvalue weighted by Gasteiger charge is 2.49. The molecular weight excluding hydrogens is 414 g/mol. The average molecular weight is 442 g/mol. The van der Waals surface area contributed by atoms with E-state index in [-0.39, 0.29) is 18.5 Å². The van der Waals surface area contributed by atoms with E-state index in [2.05, 4.69) is 10.6 Å². The van der Waals surface area contributed by atoms with Crippen LogP contribution in [-0.2, 0) is 15.1 Å². The number of carbonyl (C=O) groups is 3. The summed E-state index contributed by atoms with van der Waals surface area (Å²) in [4.78, 5) is 40.0. The highest BCUT2D eigenvalue weighted by Crippen LogP contribution is 2.41. The number of rotatable bonds is 6. The summed E-state index contributed by atoms with van der Waals surface area (Å²) in [5.74, 6) is -0.363. The van der Waals surface area contributed by atoms with Crippen molar-refractivity contribution in [3.05, 3.63) is 83.4 Å². The van der Waals surface area contributed by atoms with Crippen LogP contribution in [0.1, 0.15) is 42.5 Å². The molecule has 3 aromatic carbocycles. The van der Waals surface area contributed by atoms with E-state index in [4.69, 9.17) is 0 Å². The van der Waals surface area contributed by atoms with Gasteiger partial charge in [0.2, 0.25) is 5.91 Å². The van der Waals surface area contributed by atoms with Crippen molar-refractivity contribution in [1.82, 2.24) is 15.5 Å². The third-order valence-corrected chi connectivity index (χ3v) is 6.75. The van der Waals surface area contributed by atoms with E-state index in [1.54, 1.807) is 6.92 Å². The molecule has 3 aromatic rings. The van der Waals surface area contributed by atoms with Crippen molar-refractivity contribution < 1.29 is 14.4 Å². The lowest BCUT2D eigenvalue weighted by atomic mass is 9.90. The molecule has 0 radical (unpaired) electrons. The lowest BCUT2D eigenvalue weighted by Crippen LogP contribution is -2.44. The molecule has 6 heteroatoms. The Labute approximate surface area is 193 Å². The van der Waals surface area contributed by atoms with Gasteiger partial charge in [-0.25, -0.2) is 4.79 Å². The summed E-state index contributed by atoms with van der Waals surface area (Å²) in [5.41, 5.74) is 1.69. The Morgan fingerprint density at radius 1 is 1.06 bits per heavy atom. The van der Waals surface area contributed by atoms with Gasteiger partial charge in [-0.2, -0.15) is 0 Å². The second-order valence-corrected chi connectivity index (χ2v) is 9.30. The van der Waals surface area contributed by atoms with Crippen LogP contribution in [0.25, 0.3) is 10.8 Å². The number of aryl methyl sites for hydroxylation is 1. The van der Waals surface area contributed by atoms with Crippen LogP contribution in [0, 0.1) is 12.8 Å². The van der Waals surface area contributed by atoms with E-state index >= 15 is 0 Å². The van der Waals surface area contributed by atoms with Crippen molar-refractivity contribution in [2.24, 2.45) is 5.92 Å². The normalized spacial score (nSPS) is 21.2. The van der Waals surface area contributed by atoms with Crippen molar-refractivity contribution in [1.29, 1.82) is 0 Å². The lowest BCUT2D eigenvalue weighted by molar-refractivity contribution is -0.135. The Hall–Kier alpha value is -3.67. The minimum atomic E-state index is -1.21. The molecule has 4 amide bonds. The predicted molar refractivity (Wildman–Crippen MR) is 126 cm³/mol. The van der Waals surface area contributed by atoms with Crippen LogP contribution in [0.5, 0.6) is 0 Å². The number of hydrogen-bond acceptors (Lipinski definition) is 3. The molecule has 2 unspecified atom stereocenters. The largest absolute Gasteiger partial charge is 0.347 e. The summed E-state index contributed by atoms with van der Waals surface area (Å²) >= 11 is 0. The van der Waals surface area contributed by atoms with Gasteiger partial charge in [0, 0.05) is 0 Å². The van der Waals surface area contributed by atoms with E-state index in [1.165, 1.54) is 0 Å². The Bertz CT molecular complexity index is 1250. The molecule has 1 saturated carbocycles. The standard InChI is InChI=1S/C27H27N3O3/c1-17-7-9-19(10-8-17)24(20-11-12-20)28-23(31)16-30-25(32)27(2,29-26(30)33)22-14-13-18-5-3-4-6-21(18)15-22/h3-10,13-15,20,24H,11-12,16H2,1-2H3,(H,28,31)(H,29,33). The van der Waals surface area contributed by atoms with Crippen LogP contribution in [0.15, 0.2) is 66.7 Å². The fraction of sp³-hybridized carbons (Fsp3) is 0.296. The lowest BCUT2D eigenvalue weighted by Gasteiger charge is -2.23. The molecule has 0 bridgehead atoms. The first-order chi connectivity index (χ1) is 15.8. The summed E-state index contributed by atoms with van der Waals surface area (Å²) in [6, 6.07) is 21.0. The number of urea groups is 1. The van der Waals surface area contributed by atoms with Crippen molar-refractivity contribution in [2.75, 3.05) is 6.54 Å². The smallest absolute Gasteiger partial charge is 0.325 e. The van der Waals surface area contributed by atoms with E-state index in [9.17, 15) is 14.4 Å². The highest BCUT2D eigenvalue weighted by atomic mass is 16.2. The summed E-state index contributed by atoms with van der Waals surface area (Å²) in [6.45, 7) is 3.41. The maximum atomic E-state index is 13.3. The Kier molecular flexibility index (Phi) is 5.16. The van der Waals surface area contributed by atoms with Gasteiger partial charge in [-0.1, -0.05) is 66.2 Å². The second-order valence-electron chi connectivity index (χ2n) is 9.30. The topological polar surface area (TPSA) is 78.5 Å². The molecule has 0 aromatic heterocycles. The fourth-order valence-corrected chi connectivity index (χ4v) is 4.58. The van der Waals surface area contributed by atoms with Gasteiger partial charge >= 0.3 is 6.03 Å². The van der Waals surface area contributed by atoms with Crippen molar-refractivity contribution in [3.8, 4) is 0 Å². The minimum absolute atomic E-state index is 0.106. The molecule has 2 atom stereocenters. The molecule has 2 fully saturated rings. The molecular formula is C27H27N3O3. The number of hydrogen-bond donors (Lipinski definition) is 2. The highest BCUT2D eigenvalue weighted by molar-refractivity contribution is 6.09. The van der Waals surface area contributed by atoms with Crippen LogP contribution >= 0.6 is 0 Å². The number of amides is 4. The molecule has 0 spiro atoms. The summed E-state index contributed by atoms with van der Waals surface area (Å²) in [6.07, 6.45) is 2.12. The second kappa shape index (κ2) is 8.03. The maximum absolute atomic E-state index is 13.3. The van der Waals surface area contributed by atoms with Crippen LogP contribution < -0.4 is 10.6 Å². The molecule has 1 aliphatic carbocycles. The quantitative estimate of drug-likeness (QED) is 0.563. The third-order valence-electron chi connectivity index (χ3n) is 6.75. The number of benzene rings is 3. The summed E-state index contributed by atoms with van der Waals surface area (Å²) in [7, 11) is 0. The maximum Gasteiger partial charge on any atom is 0.325 e. The minimum Gasteiger partial charge on any atom is -0.347 e. The number of nitrogens with one attached hydrogen (secondary N) is 2. The predicted octanol–water partition coefficient (Wildman–Crippen LogP) is 4.18. The summed E-state index contributed by atoms with van der Waals surface area (Å²) < 4.78 is 0. The molecule has 168 valence electrons. The van der Waals surface area contributed by atoms with E-state index in [1.807, 2.05) is 73.7 Å². The van der Waals surface area contributed by atoms with Crippen LogP contribution in [0.3, 0.4) is 0 Å². The summed E-state index contributed by atoms with van der Waals surface area (Å²) in [5, 5.41) is 7.90. The first-order valence-corrected chi connectivity index (χ1v) is 11.3. The Morgan fingerprint density at radius 3 is 2.45 bits per heavy atom. The zero-order valence-corrected chi connectivity index (χ0v) is 18.8. The number of nitrogens with zero attached hydrogens (tertiary/aromatic N) is 1. The van der Waals surface area contributed by atoms with Gasteiger partial charge in [-0.15, -0.1) is 0 Å². The number of fused-ring (bicyclic) bond motifs is 1. The zero-order valence-electron chi connectivity index (χ0n) is 18.8. The third kappa shape index (κ3) is 3.97. The SMILES string of the molecule is Cc1ccc(C(NC(=O)CN2C(=O)NC(C)(c3ccc4ccccc4c3)C2=O)C2CC2)cc1. The van der Waals surface area contributed by atoms with E-state index in [0.29, 0.717) is 11.5 Å². The first-order valence-electron chi connectivity index (χ1n) is 11.3. The van der Waals surface area contributed by atoms with E-state index < -0.39 is 17.5 Å². The number of carbonyl (C=O) groups excluding carboxylic acids is 3. The van der Waals surface area contributed by atoms with Crippen LogP contribution in [0.2, 0.25) is 0 Å². The monoisotopic (exact) mass is 441 g/mol. The van der Waals surface area contributed by atoms with Gasteiger partial charge in [0.05, 0.1) is 6.04 Å². The molecule has 5 rings (SSSR count). The van der Waals surface area contributed by atoms with Crippen molar-refractivity contribution in [2.45, 2.75) is 38.3 Å². The Balaban J connectivity index is 1.33. The molecule has 2 N–H and O–H groups in total. The van der Waals surface area contributed by atoms with Crippen LogP contribution in [0.4, 0.5) is 4.79 Å². The van der Waals surface area contributed by atoms with Gasteiger partial charge in [-0.3, -0.25) is 14.5 Å². The molecule has 2 aliphatic rings. The number of imide groups is 1. The van der Waals surface area contributed by atoms with Crippen molar-refractivity contribution in [3.63, 3.8) is 0 Å². The molecule has 1 heterocycles. The molecule has 6 nitrogen and oxygen atoms in total. The van der Waals surface area contributed by atoms with Gasteiger partial charge < -0.3 is 10.6 Å². The molecule has 1 saturated heterocycles. The first kappa shape index (κ1) is 21.2. The molecule has 33 heavy (non-hydrogen) atoms. The fourth-order valence-electron chi connectivity index (χ4n) is 4.58. The Morgan fingerprint density at radius 2 is 1.76 bits per heavy atom. The molecule has 1 aliphatic heterocycles. The van der Waals surface area contributed by atoms with Crippen LogP contribution in [-0.4, -0.2) is 29.3 Å². The van der Waals surface area contributed by atoms with Crippen molar-refractivity contribution >= 4 is 28.6 Å².